The van der Waals surface area contributed by atoms with Gasteiger partial charge >= 0.3 is 0 Å². The van der Waals surface area contributed by atoms with E-state index in [1.54, 1.807) is 0 Å². The third kappa shape index (κ3) is 5.47. The van der Waals surface area contributed by atoms with Crippen LogP contribution in [0.3, 0.4) is 0 Å². The van der Waals surface area contributed by atoms with Crippen molar-refractivity contribution in [1.82, 2.24) is 4.90 Å². The zero-order valence-electron chi connectivity index (χ0n) is 8.82. The van der Waals surface area contributed by atoms with E-state index in [0.717, 1.165) is 6.54 Å². The Morgan fingerprint density at radius 2 is 2.23 bits per heavy atom. The molecule has 78 valence electrons. The zero-order valence-corrected chi connectivity index (χ0v) is 8.82. The van der Waals surface area contributed by atoms with Crippen LogP contribution in [0.25, 0.3) is 0 Å². The Morgan fingerprint density at radius 1 is 1.62 bits per heavy atom. The minimum absolute atomic E-state index is 0.302. The summed E-state index contributed by atoms with van der Waals surface area (Å²) in [5.74, 6) is 0.302. The van der Waals surface area contributed by atoms with Gasteiger partial charge in [0, 0.05) is 12.5 Å². The number of hydrogen-bond donors (Lipinski definition) is 2. The molecule has 0 rings (SSSR count). The maximum atomic E-state index is 8.39. The molecule has 0 aromatic heterocycles. The van der Waals surface area contributed by atoms with E-state index in [2.05, 4.69) is 31.0 Å². The summed E-state index contributed by atoms with van der Waals surface area (Å²) < 4.78 is 0. The molecular weight excluding hydrogens is 166 g/mol. The van der Waals surface area contributed by atoms with Crippen molar-refractivity contribution in [3.05, 3.63) is 0 Å². The quantitative estimate of drug-likeness (QED) is 0.285. The van der Waals surface area contributed by atoms with Crippen LogP contribution in [-0.2, 0) is 0 Å². The highest BCUT2D eigenvalue weighted by atomic mass is 16.4. The van der Waals surface area contributed by atoms with Crippen LogP contribution in [0.2, 0.25) is 0 Å². The van der Waals surface area contributed by atoms with Crippen molar-refractivity contribution in [2.24, 2.45) is 10.9 Å². The van der Waals surface area contributed by atoms with E-state index in [1.165, 1.54) is 12.8 Å². The molecule has 0 bridgehead atoms. The SMILES string of the molecule is CCCCN(C)C(C)CC(N)=NO. The summed E-state index contributed by atoms with van der Waals surface area (Å²) >= 11 is 0. The second kappa shape index (κ2) is 6.71. The lowest BCUT2D eigenvalue weighted by Gasteiger charge is -2.23. The van der Waals surface area contributed by atoms with Gasteiger partial charge in [0.2, 0.25) is 0 Å². The first-order valence-corrected chi connectivity index (χ1v) is 4.78. The second-order valence-electron chi connectivity index (χ2n) is 3.48. The van der Waals surface area contributed by atoms with Crippen molar-refractivity contribution < 1.29 is 5.21 Å². The average Bonchev–Trinajstić information content (AvgIpc) is 2.13. The first kappa shape index (κ1) is 12.2. The lowest BCUT2D eigenvalue weighted by Crippen LogP contribution is -2.33. The van der Waals surface area contributed by atoms with Gasteiger partial charge in [-0.1, -0.05) is 18.5 Å². The van der Waals surface area contributed by atoms with E-state index in [1.807, 2.05) is 0 Å². The highest BCUT2D eigenvalue weighted by Gasteiger charge is 2.09. The standard InChI is InChI=1S/C9H21N3O/c1-4-5-6-12(3)8(2)7-9(10)11-13/h8,13H,4-7H2,1-3H3,(H2,10,11). The van der Waals surface area contributed by atoms with Crippen LogP contribution in [0.5, 0.6) is 0 Å². The molecule has 0 aliphatic heterocycles. The van der Waals surface area contributed by atoms with Gasteiger partial charge in [0.05, 0.1) is 0 Å². The fourth-order valence-corrected chi connectivity index (χ4v) is 1.13. The molecule has 0 radical (unpaired) electrons. The molecule has 0 aliphatic rings. The topological polar surface area (TPSA) is 61.8 Å². The second-order valence-corrected chi connectivity index (χ2v) is 3.48. The van der Waals surface area contributed by atoms with Crippen LogP contribution < -0.4 is 5.73 Å². The molecule has 1 atom stereocenters. The Balaban J connectivity index is 3.74. The Kier molecular flexibility index (Phi) is 6.32. The lowest BCUT2D eigenvalue weighted by molar-refractivity contribution is 0.255. The van der Waals surface area contributed by atoms with Gasteiger partial charge in [0.1, 0.15) is 5.84 Å². The van der Waals surface area contributed by atoms with Crippen molar-refractivity contribution in [3.8, 4) is 0 Å². The molecular formula is C9H21N3O. The van der Waals surface area contributed by atoms with Gasteiger partial charge in [-0.3, -0.25) is 0 Å². The predicted molar refractivity (Wildman–Crippen MR) is 55.0 cm³/mol. The molecule has 0 spiro atoms. The number of unbranched alkanes of at least 4 members (excludes halogenated alkanes) is 1. The van der Waals surface area contributed by atoms with Gasteiger partial charge in [-0.05, 0) is 26.9 Å². The Hall–Kier alpha value is -0.770. The molecule has 3 N–H and O–H groups in total. The van der Waals surface area contributed by atoms with Crippen LogP contribution in [0.4, 0.5) is 0 Å². The van der Waals surface area contributed by atoms with Crippen molar-refractivity contribution in [3.63, 3.8) is 0 Å². The summed E-state index contributed by atoms with van der Waals surface area (Å²) in [4.78, 5) is 2.22. The number of amidine groups is 1. The monoisotopic (exact) mass is 187 g/mol. The van der Waals surface area contributed by atoms with Crippen molar-refractivity contribution >= 4 is 5.84 Å². The fourth-order valence-electron chi connectivity index (χ4n) is 1.13. The van der Waals surface area contributed by atoms with E-state index < -0.39 is 0 Å². The average molecular weight is 187 g/mol. The van der Waals surface area contributed by atoms with Crippen LogP contribution in [0, 0.1) is 0 Å². The molecule has 4 heteroatoms. The summed E-state index contributed by atoms with van der Waals surface area (Å²) in [7, 11) is 2.06. The van der Waals surface area contributed by atoms with E-state index in [0.29, 0.717) is 18.3 Å². The molecule has 13 heavy (non-hydrogen) atoms. The molecule has 0 saturated carbocycles. The molecule has 4 nitrogen and oxygen atoms in total. The van der Waals surface area contributed by atoms with E-state index in [4.69, 9.17) is 10.9 Å². The third-order valence-electron chi connectivity index (χ3n) is 2.25. The summed E-state index contributed by atoms with van der Waals surface area (Å²) in [5, 5.41) is 11.3. The highest BCUT2D eigenvalue weighted by molar-refractivity contribution is 5.80. The Morgan fingerprint density at radius 3 is 2.69 bits per heavy atom. The summed E-state index contributed by atoms with van der Waals surface area (Å²) in [6.07, 6.45) is 3.01. The number of rotatable bonds is 6. The smallest absolute Gasteiger partial charge is 0.140 e. The normalized spacial score (nSPS) is 14.9. The first-order valence-electron chi connectivity index (χ1n) is 4.78. The highest BCUT2D eigenvalue weighted by Crippen LogP contribution is 2.02. The largest absolute Gasteiger partial charge is 0.409 e. The Bertz CT molecular complexity index is 159. The van der Waals surface area contributed by atoms with E-state index in [9.17, 15) is 0 Å². The summed E-state index contributed by atoms with van der Waals surface area (Å²) in [5.41, 5.74) is 5.41. The summed E-state index contributed by atoms with van der Waals surface area (Å²) in [6, 6.07) is 0.336. The molecule has 0 aliphatic carbocycles. The molecule has 0 amide bonds. The van der Waals surface area contributed by atoms with Crippen molar-refractivity contribution in [2.45, 2.75) is 39.2 Å². The molecule has 0 saturated heterocycles. The third-order valence-corrected chi connectivity index (χ3v) is 2.25. The molecule has 0 fully saturated rings. The van der Waals surface area contributed by atoms with E-state index in [-0.39, 0.29) is 0 Å². The van der Waals surface area contributed by atoms with Gasteiger partial charge in [0.25, 0.3) is 0 Å². The molecule has 0 aromatic carbocycles. The van der Waals surface area contributed by atoms with E-state index >= 15 is 0 Å². The van der Waals surface area contributed by atoms with Crippen LogP contribution in [-0.4, -0.2) is 35.6 Å². The number of hydrogen-bond acceptors (Lipinski definition) is 3. The number of nitrogens with two attached hydrogens (primary N) is 1. The first-order chi connectivity index (χ1) is 6.11. The fraction of sp³-hybridized carbons (Fsp3) is 0.889. The molecule has 0 heterocycles. The van der Waals surface area contributed by atoms with Gasteiger partial charge in [-0.2, -0.15) is 0 Å². The lowest BCUT2D eigenvalue weighted by atomic mass is 10.2. The van der Waals surface area contributed by atoms with Gasteiger partial charge < -0.3 is 15.8 Å². The zero-order chi connectivity index (χ0) is 10.3. The van der Waals surface area contributed by atoms with Gasteiger partial charge in [-0.15, -0.1) is 0 Å². The van der Waals surface area contributed by atoms with Crippen LogP contribution in [0.1, 0.15) is 33.1 Å². The Labute approximate surface area is 80.4 Å². The minimum atomic E-state index is 0.302. The predicted octanol–water partition coefficient (Wildman–Crippen LogP) is 1.24. The van der Waals surface area contributed by atoms with Gasteiger partial charge in [-0.25, -0.2) is 0 Å². The van der Waals surface area contributed by atoms with Gasteiger partial charge in [0.15, 0.2) is 0 Å². The van der Waals surface area contributed by atoms with Crippen molar-refractivity contribution in [2.75, 3.05) is 13.6 Å². The van der Waals surface area contributed by atoms with Crippen molar-refractivity contribution in [1.29, 1.82) is 0 Å². The van der Waals surface area contributed by atoms with Crippen LogP contribution in [0.15, 0.2) is 5.16 Å². The maximum absolute atomic E-state index is 8.39. The maximum Gasteiger partial charge on any atom is 0.140 e. The number of nitrogens with zero attached hydrogens (tertiary/aromatic N) is 2. The number of oxime groups is 1. The minimum Gasteiger partial charge on any atom is -0.409 e. The van der Waals surface area contributed by atoms with Crippen LogP contribution >= 0.6 is 0 Å². The summed E-state index contributed by atoms with van der Waals surface area (Å²) in [6.45, 7) is 5.31. The molecule has 0 aromatic rings. The molecule has 1 unspecified atom stereocenters.